The maximum absolute atomic E-state index is 13.8. The van der Waals surface area contributed by atoms with Crippen LogP contribution in [0.5, 0.6) is 5.75 Å². The van der Waals surface area contributed by atoms with Gasteiger partial charge in [-0.25, -0.2) is 13.9 Å². The largest absolute Gasteiger partial charge is 0.489 e. The minimum Gasteiger partial charge on any atom is -0.489 e. The van der Waals surface area contributed by atoms with Gasteiger partial charge in [0, 0.05) is 5.56 Å². The zero-order valence-corrected chi connectivity index (χ0v) is 14.4. The summed E-state index contributed by atoms with van der Waals surface area (Å²) in [5.74, 6) is 0.477. The number of amides is 1. The fourth-order valence-electron chi connectivity index (χ4n) is 2.96. The third-order valence-electron chi connectivity index (χ3n) is 4.28. The maximum Gasteiger partial charge on any atom is 0.271 e. The molecular formula is C18H18FN5O2. The van der Waals surface area contributed by atoms with Crippen molar-refractivity contribution in [3.8, 4) is 5.75 Å². The number of anilines is 1. The van der Waals surface area contributed by atoms with E-state index < -0.39 is 0 Å². The smallest absolute Gasteiger partial charge is 0.271 e. The fourth-order valence-corrected chi connectivity index (χ4v) is 2.96. The molecule has 1 aliphatic heterocycles. The van der Waals surface area contributed by atoms with Crippen LogP contribution in [-0.2, 0) is 0 Å². The van der Waals surface area contributed by atoms with Crippen LogP contribution in [0.15, 0.2) is 36.5 Å². The molecule has 2 atom stereocenters. The molecule has 0 fully saturated rings. The Morgan fingerprint density at radius 1 is 1.27 bits per heavy atom. The maximum atomic E-state index is 13.8. The Morgan fingerprint density at radius 3 is 2.96 bits per heavy atom. The summed E-state index contributed by atoms with van der Waals surface area (Å²) >= 11 is 0. The molecule has 0 spiro atoms. The first-order valence-corrected chi connectivity index (χ1v) is 8.37. The van der Waals surface area contributed by atoms with Crippen LogP contribution in [0, 0.1) is 5.82 Å². The van der Waals surface area contributed by atoms with Crippen molar-refractivity contribution < 1.29 is 13.9 Å². The van der Waals surface area contributed by atoms with Gasteiger partial charge in [-0.05, 0) is 44.2 Å². The highest BCUT2D eigenvalue weighted by Gasteiger charge is 2.19. The highest BCUT2D eigenvalue weighted by molar-refractivity contribution is 5.93. The molecule has 2 N–H and O–H groups in total. The van der Waals surface area contributed by atoms with E-state index in [9.17, 15) is 9.18 Å². The number of carbonyl (C=O) groups excluding carboxylic acids is 1. The Morgan fingerprint density at radius 2 is 2.12 bits per heavy atom. The lowest BCUT2D eigenvalue weighted by Gasteiger charge is -2.21. The van der Waals surface area contributed by atoms with Crippen LogP contribution in [0.1, 0.15) is 35.9 Å². The number of carbonyl (C=O) groups is 1. The van der Waals surface area contributed by atoms with E-state index in [1.807, 2.05) is 13.8 Å². The molecule has 7 nitrogen and oxygen atoms in total. The molecule has 1 aliphatic rings. The number of imidazole rings is 1. The van der Waals surface area contributed by atoms with Gasteiger partial charge in [0.25, 0.3) is 5.91 Å². The molecule has 1 aromatic carbocycles. The second-order valence-electron chi connectivity index (χ2n) is 6.32. The molecular weight excluding hydrogens is 337 g/mol. The van der Waals surface area contributed by atoms with Gasteiger partial charge in [0.05, 0.1) is 18.8 Å². The standard InChI is InChI=1S/C18H18FN5O2/c1-10-8-21-18(25)14-9-20-17-6-5-16(23-24(14)17)22-11(2)13-7-12(19)3-4-15(13)26-10/h3-7,9-11H,8H2,1-2H3,(H,21,25)(H,22,23)/t10-,11+/m0/s1. The topological polar surface area (TPSA) is 80.6 Å². The lowest BCUT2D eigenvalue weighted by molar-refractivity contribution is 0.0925. The highest BCUT2D eigenvalue weighted by atomic mass is 19.1. The third kappa shape index (κ3) is 2.94. The van der Waals surface area contributed by atoms with E-state index in [0.29, 0.717) is 35.0 Å². The number of ether oxygens (including phenoxy) is 1. The van der Waals surface area contributed by atoms with Crippen LogP contribution >= 0.6 is 0 Å². The van der Waals surface area contributed by atoms with Gasteiger partial charge in [-0.1, -0.05) is 0 Å². The SMILES string of the molecule is C[C@H]1CNC(=O)c2cnc3ccc(nn23)N[C@H](C)c2cc(F)ccc2O1. The summed E-state index contributed by atoms with van der Waals surface area (Å²) in [7, 11) is 0. The second-order valence-corrected chi connectivity index (χ2v) is 6.32. The zero-order chi connectivity index (χ0) is 18.3. The highest BCUT2D eigenvalue weighted by Crippen LogP contribution is 2.29. The first kappa shape index (κ1) is 16.3. The van der Waals surface area contributed by atoms with Crippen LogP contribution in [0.25, 0.3) is 5.65 Å². The summed E-state index contributed by atoms with van der Waals surface area (Å²) in [5.41, 5.74) is 1.58. The number of fused-ring (bicyclic) bond motifs is 2. The number of benzene rings is 1. The molecule has 134 valence electrons. The van der Waals surface area contributed by atoms with Crippen LogP contribution in [0.4, 0.5) is 10.2 Å². The van der Waals surface area contributed by atoms with Crippen LogP contribution < -0.4 is 15.4 Å². The molecule has 0 radical (unpaired) electrons. The van der Waals surface area contributed by atoms with Gasteiger partial charge in [0.1, 0.15) is 23.5 Å². The minimum absolute atomic E-state index is 0.255. The van der Waals surface area contributed by atoms with Gasteiger partial charge >= 0.3 is 0 Å². The number of nitrogens with zero attached hydrogens (tertiary/aromatic N) is 3. The predicted octanol–water partition coefficient (Wildman–Crippen LogP) is 2.55. The Bertz CT molecular complexity index is 987. The van der Waals surface area contributed by atoms with Crippen LogP contribution in [0.2, 0.25) is 0 Å². The summed E-state index contributed by atoms with van der Waals surface area (Å²) in [6.07, 6.45) is 1.19. The lowest BCUT2D eigenvalue weighted by atomic mass is 10.1. The average Bonchev–Trinajstić information content (AvgIpc) is 3.03. The zero-order valence-electron chi connectivity index (χ0n) is 14.4. The van der Waals surface area contributed by atoms with Gasteiger partial charge in [0.15, 0.2) is 11.3 Å². The summed E-state index contributed by atoms with van der Waals surface area (Å²) in [6, 6.07) is 7.68. The van der Waals surface area contributed by atoms with Crippen molar-refractivity contribution in [1.29, 1.82) is 0 Å². The van der Waals surface area contributed by atoms with E-state index in [1.54, 1.807) is 18.2 Å². The van der Waals surface area contributed by atoms with E-state index in [0.717, 1.165) is 0 Å². The quantitative estimate of drug-likeness (QED) is 0.648. The first-order chi connectivity index (χ1) is 12.5. The molecule has 0 saturated heterocycles. The van der Waals surface area contributed by atoms with Crippen LogP contribution in [-0.4, -0.2) is 33.2 Å². The number of rotatable bonds is 0. The van der Waals surface area contributed by atoms with Crippen molar-refractivity contribution in [2.75, 3.05) is 11.9 Å². The van der Waals surface area contributed by atoms with Gasteiger partial charge in [-0.15, -0.1) is 5.10 Å². The van der Waals surface area contributed by atoms with E-state index >= 15 is 0 Å². The number of aromatic nitrogens is 3. The molecule has 3 aromatic rings. The molecule has 4 rings (SSSR count). The second kappa shape index (κ2) is 6.29. The monoisotopic (exact) mass is 355 g/mol. The molecule has 0 saturated carbocycles. The Kier molecular flexibility index (Phi) is 3.95. The molecule has 1 amide bonds. The number of hydrogen-bond acceptors (Lipinski definition) is 5. The minimum atomic E-state index is -0.341. The van der Waals surface area contributed by atoms with Crippen molar-refractivity contribution in [3.63, 3.8) is 0 Å². The first-order valence-electron chi connectivity index (χ1n) is 8.37. The summed E-state index contributed by atoms with van der Waals surface area (Å²) < 4.78 is 21.2. The molecule has 2 bridgehead atoms. The van der Waals surface area contributed by atoms with Crippen molar-refractivity contribution in [1.82, 2.24) is 19.9 Å². The average molecular weight is 355 g/mol. The Balaban J connectivity index is 1.82. The Hall–Kier alpha value is -3.16. The molecule has 3 heterocycles. The van der Waals surface area contributed by atoms with E-state index in [1.165, 1.54) is 22.8 Å². The lowest BCUT2D eigenvalue weighted by Crippen LogP contribution is -2.34. The normalized spacial score (nSPS) is 20.2. The summed E-state index contributed by atoms with van der Waals surface area (Å²) in [4.78, 5) is 16.7. The molecule has 2 aromatic heterocycles. The van der Waals surface area contributed by atoms with Crippen molar-refractivity contribution in [2.45, 2.75) is 26.0 Å². The van der Waals surface area contributed by atoms with Gasteiger partial charge in [-0.2, -0.15) is 0 Å². The van der Waals surface area contributed by atoms with Crippen molar-refractivity contribution in [2.24, 2.45) is 0 Å². The van der Waals surface area contributed by atoms with Gasteiger partial charge in [0.2, 0.25) is 0 Å². The molecule has 26 heavy (non-hydrogen) atoms. The number of nitrogens with one attached hydrogen (secondary N) is 2. The van der Waals surface area contributed by atoms with E-state index in [-0.39, 0.29) is 23.9 Å². The predicted molar refractivity (Wildman–Crippen MR) is 93.8 cm³/mol. The fraction of sp³-hybridized carbons (Fsp3) is 0.278. The van der Waals surface area contributed by atoms with Crippen LogP contribution in [0.3, 0.4) is 0 Å². The van der Waals surface area contributed by atoms with E-state index in [2.05, 4.69) is 20.7 Å². The van der Waals surface area contributed by atoms with Crippen molar-refractivity contribution in [3.05, 3.63) is 53.6 Å². The Labute approximate surface area is 149 Å². The molecule has 0 unspecified atom stereocenters. The number of hydrogen-bond donors (Lipinski definition) is 2. The van der Waals surface area contributed by atoms with Crippen molar-refractivity contribution >= 4 is 17.4 Å². The van der Waals surface area contributed by atoms with Gasteiger partial charge in [-0.3, -0.25) is 4.79 Å². The molecule has 0 aliphatic carbocycles. The summed E-state index contributed by atoms with van der Waals surface area (Å²) in [5, 5.41) is 10.5. The summed E-state index contributed by atoms with van der Waals surface area (Å²) in [6.45, 7) is 4.04. The van der Waals surface area contributed by atoms with E-state index in [4.69, 9.17) is 4.74 Å². The van der Waals surface area contributed by atoms with Gasteiger partial charge < -0.3 is 15.4 Å². The molecule has 8 heteroatoms. The number of halogens is 1. The third-order valence-corrected chi connectivity index (χ3v) is 4.28.